The number of hydrogen-bond acceptors (Lipinski definition) is 4. The van der Waals surface area contributed by atoms with E-state index in [2.05, 4.69) is 10.6 Å². The number of anilines is 2. The summed E-state index contributed by atoms with van der Waals surface area (Å²) in [4.78, 5) is 39.1. The Morgan fingerprint density at radius 3 is 2.15 bits per heavy atom. The summed E-state index contributed by atoms with van der Waals surface area (Å²) in [6.07, 6.45) is -4.83. The van der Waals surface area contributed by atoms with E-state index in [-0.39, 0.29) is 40.5 Å². The van der Waals surface area contributed by atoms with Crippen LogP contribution in [-0.4, -0.2) is 36.0 Å². The fourth-order valence-corrected chi connectivity index (χ4v) is 4.57. The van der Waals surface area contributed by atoms with Gasteiger partial charge < -0.3 is 20.3 Å². The van der Waals surface area contributed by atoms with Crippen molar-refractivity contribution in [2.45, 2.75) is 32.6 Å². The summed E-state index contributed by atoms with van der Waals surface area (Å²) in [5.41, 5.74) is -0.780. The maximum absolute atomic E-state index is 14.1. The first-order valence-electron chi connectivity index (χ1n) is 12.1. The zero-order valence-corrected chi connectivity index (χ0v) is 21.5. The number of esters is 1. The van der Waals surface area contributed by atoms with Gasteiger partial charge in [-0.05, 0) is 52.9 Å². The van der Waals surface area contributed by atoms with Crippen LogP contribution in [0.4, 0.5) is 38.1 Å². The van der Waals surface area contributed by atoms with E-state index in [1.165, 1.54) is 30.2 Å². The molecule has 3 aromatic rings. The van der Waals surface area contributed by atoms with Crippen molar-refractivity contribution in [2.75, 3.05) is 17.7 Å². The Kier molecular flexibility index (Phi) is 7.81. The van der Waals surface area contributed by atoms with Crippen LogP contribution in [0, 0.1) is 17.6 Å². The van der Waals surface area contributed by atoms with Gasteiger partial charge in [0.2, 0.25) is 0 Å². The molecular weight excluding hydrogens is 537 g/mol. The fourth-order valence-electron chi connectivity index (χ4n) is 4.57. The summed E-state index contributed by atoms with van der Waals surface area (Å²) >= 11 is 0. The minimum absolute atomic E-state index is 0.104. The molecular formula is C28H24F5N3O4. The number of alkyl halides is 3. The predicted molar refractivity (Wildman–Crippen MR) is 136 cm³/mol. The summed E-state index contributed by atoms with van der Waals surface area (Å²) in [5.74, 6) is -3.68. The van der Waals surface area contributed by atoms with Crippen LogP contribution in [-0.2, 0) is 22.3 Å². The number of nitrogens with zero attached hydrogens (tertiary/aromatic N) is 1. The van der Waals surface area contributed by atoms with Crippen molar-refractivity contribution < 1.29 is 41.1 Å². The van der Waals surface area contributed by atoms with E-state index >= 15 is 0 Å². The maximum Gasteiger partial charge on any atom is 0.417 e. The largest absolute Gasteiger partial charge is 0.467 e. The van der Waals surface area contributed by atoms with Crippen molar-refractivity contribution in [1.29, 1.82) is 0 Å². The van der Waals surface area contributed by atoms with E-state index in [0.717, 1.165) is 30.3 Å². The number of benzene rings is 3. The summed E-state index contributed by atoms with van der Waals surface area (Å²) in [5, 5.41) is 4.45. The molecule has 1 heterocycles. The SMILES string of the molecule is COC(=O)C(C(C)C)N1Cc2ccc(-c3ccc(NC(=O)Nc4ccc(F)c(F)c4)cc3C(F)(F)F)cc2C1=O. The first-order chi connectivity index (χ1) is 18.8. The van der Waals surface area contributed by atoms with Gasteiger partial charge >= 0.3 is 18.2 Å². The number of methoxy groups -OCH3 is 1. The molecule has 3 aromatic carbocycles. The van der Waals surface area contributed by atoms with Crippen LogP contribution in [0.15, 0.2) is 54.6 Å². The Hall–Kier alpha value is -4.48. The van der Waals surface area contributed by atoms with Crippen molar-refractivity contribution in [2.24, 2.45) is 5.92 Å². The zero-order valence-electron chi connectivity index (χ0n) is 21.5. The van der Waals surface area contributed by atoms with Gasteiger partial charge in [0.15, 0.2) is 11.6 Å². The van der Waals surface area contributed by atoms with Crippen molar-refractivity contribution in [3.63, 3.8) is 0 Å². The average Bonchev–Trinajstić information content (AvgIpc) is 3.20. The Balaban J connectivity index is 1.62. The summed E-state index contributed by atoms with van der Waals surface area (Å²) in [6.45, 7) is 3.62. The number of nitrogens with one attached hydrogen (secondary N) is 2. The lowest BCUT2D eigenvalue weighted by Crippen LogP contribution is -2.45. The van der Waals surface area contributed by atoms with Crippen LogP contribution in [0.25, 0.3) is 11.1 Å². The van der Waals surface area contributed by atoms with E-state index in [9.17, 15) is 36.3 Å². The van der Waals surface area contributed by atoms with Gasteiger partial charge in [-0.3, -0.25) is 4.79 Å². The highest BCUT2D eigenvalue weighted by Gasteiger charge is 2.39. The smallest absolute Gasteiger partial charge is 0.417 e. The van der Waals surface area contributed by atoms with Crippen molar-refractivity contribution in [1.82, 2.24) is 4.90 Å². The topological polar surface area (TPSA) is 87.7 Å². The van der Waals surface area contributed by atoms with E-state index < -0.39 is 47.3 Å². The average molecular weight is 562 g/mol. The number of hydrogen-bond donors (Lipinski definition) is 2. The van der Waals surface area contributed by atoms with Gasteiger partial charge in [0.1, 0.15) is 6.04 Å². The summed E-state index contributed by atoms with van der Waals surface area (Å²) in [7, 11) is 1.22. The Morgan fingerprint density at radius 2 is 1.55 bits per heavy atom. The van der Waals surface area contributed by atoms with Crippen molar-refractivity contribution in [3.8, 4) is 11.1 Å². The second kappa shape index (κ2) is 10.9. The number of fused-ring (bicyclic) bond motifs is 1. The lowest BCUT2D eigenvalue weighted by atomic mass is 9.95. The van der Waals surface area contributed by atoms with Crippen LogP contribution in [0.2, 0.25) is 0 Å². The highest BCUT2D eigenvalue weighted by atomic mass is 19.4. The number of amides is 3. The molecule has 210 valence electrons. The lowest BCUT2D eigenvalue weighted by Gasteiger charge is -2.28. The molecule has 2 N–H and O–H groups in total. The van der Waals surface area contributed by atoms with Gasteiger partial charge in [-0.15, -0.1) is 0 Å². The van der Waals surface area contributed by atoms with E-state index in [4.69, 9.17) is 4.74 Å². The number of carbonyl (C=O) groups is 3. The number of carbonyl (C=O) groups excluding carboxylic acids is 3. The van der Waals surface area contributed by atoms with Crippen molar-refractivity contribution >= 4 is 29.3 Å². The van der Waals surface area contributed by atoms with Gasteiger partial charge in [0.25, 0.3) is 5.91 Å². The van der Waals surface area contributed by atoms with Gasteiger partial charge in [0.05, 0.1) is 12.7 Å². The molecule has 0 spiro atoms. The molecule has 0 aromatic heterocycles. The molecule has 40 heavy (non-hydrogen) atoms. The highest BCUT2D eigenvalue weighted by Crippen LogP contribution is 2.40. The minimum Gasteiger partial charge on any atom is -0.467 e. The normalized spacial score (nSPS) is 13.7. The third-order valence-electron chi connectivity index (χ3n) is 6.42. The van der Waals surface area contributed by atoms with E-state index in [0.29, 0.717) is 5.56 Å². The van der Waals surface area contributed by atoms with Gasteiger partial charge in [-0.25, -0.2) is 18.4 Å². The van der Waals surface area contributed by atoms with Crippen LogP contribution >= 0.6 is 0 Å². The summed E-state index contributed by atoms with van der Waals surface area (Å²) < 4.78 is 73.6. The van der Waals surface area contributed by atoms with Crippen molar-refractivity contribution in [3.05, 3.63) is 82.9 Å². The van der Waals surface area contributed by atoms with Gasteiger partial charge in [-0.1, -0.05) is 32.0 Å². The number of halogens is 5. The summed E-state index contributed by atoms with van der Waals surface area (Å²) in [6, 6.07) is 8.24. The minimum atomic E-state index is -4.83. The monoisotopic (exact) mass is 561 g/mol. The van der Waals surface area contributed by atoms with Crippen LogP contribution in [0.3, 0.4) is 0 Å². The second-order valence-electron chi connectivity index (χ2n) is 9.48. The highest BCUT2D eigenvalue weighted by molar-refractivity contribution is 6.02. The molecule has 0 radical (unpaired) electrons. The number of urea groups is 1. The third-order valence-corrected chi connectivity index (χ3v) is 6.42. The van der Waals surface area contributed by atoms with Gasteiger partial charge in [0, 0.05) is 29.5 Å². The molecule has 1 unspecified atom stereocenters. The number of rotatable bonds is 6. The maximum atomic E-state index is 14.1. The third kappa shape index (κ3) is 5.75. The first-order valence-corrected chi connectivity index (χ1v) is 12.1. The van der Waals surface area contributed by atoms with Crippen LogP contribution < -0.4 is 10.6 Å². The molecule has 0 fully saturated rings. The molecule has 0 saturated carbocycles. The lowest BCUT2D eigenvalue weighted by molar-refractivity contribution is -0.147. The molecule has 7 nitrogen and oxygen atoms in total. The van der Waals surface area contributed by atoms with E-state index in [1.54, 1.807) is 19.9 Å². The van der Waals surface area contributed by atoms with E-state index in [1.807, 2.05) is 0 Å². The molecule has 0 bridgehead atoms. The molecule has 4 rings (SSSR count). The standard InChI is InChI=1S/C28H24F5N3O4/c1-14(2)24(26(38)40-3)36-13-16-5-4-15(10-20(16)25(36)37)19-8-6-17(11-21(19)28(31,32)33)34-27(39)35-18-7-9-22(29)23(30)12-18/h4-12,14,24H,13H2,1-3H3,(H2,34,35,39). The van der Waals surface area contributed by atoms with Crippen LogP contribution in [0.1, 0.15) is 35.3 Å². The zero-order chi connectivity index (χ0) is 29.4. The second-order valence-corrected chi connectivity index (χ2v) is 9.48. The molecule has 1 atom stereocenters. The Bertz CT molecular complexity index is 1490. The molecule has 1 aliphatic heterocycles. The first kappa shape index (κ1) is 28.5. The molecule has 0 saturated heterocycles. The van der Waals surface area contributed by atoms with Crippen LogP contribution in [0.5, 0.6) is 0 Å². The predicted octanol–water partition coefficient (Wildman–Crippen LogP) is 6.45. The quantitative estimate of drug-likeness (QED) is 0.268. The van der Waals surface area contributed by atoms with Gasteiger partial charge in [-0.2, -0.15) is 13.2 Å². The molecule has 12 heteroatoms. The Labute approximate surface area is 225 Å². The fraction of sp³-hybridized carbons (Fsp3) is 0.250. The molecule has 3 amide bonds. The molecule has 0 aliphatic carbocycles. The molecule has 1 aliphatic rings. The number of ether oxygens (including phenoxy) is 1. The Morgan fingerprint density at radius 1 is 0.900 bits per heavy atom.